The average molecular weight is 296 g/mol. The van der Waals surface area contributed by atoms with Crippen LogP contribution in [0.2, 0.25) is 0 Å². The van der Waals surface area contributed by atoms with Gasteiger partial charge in [-0.05, 0) is 48.5 Å². The SMILES string of the molecule is CN(c1ccc(N)cc1)c1ccc(OCC(F)(F)F)cc1. The van der Waals surface area contributed by atoms with Crippen molar-refractivity contribution in [3.63, 3.8) is 0 Å². The van der Waals surface area contributed by atoms with Crippen LogP contribution in [-0.4, -0.2) is 19.8 Å². The van der Waals surface area contributed by atoms with Crippen LogP contribution in [0, 0.1) is 0 Å². The Kier molecular flexibility index (Phi) is 4.26. The summed E-state index contributed by atoms with van der Waals surface area (Å²) in [5, 5.41) is 0. The van der Waals surface area contributed by atoms with Crippen LogP contribution in [0.3, 0.4) is 0 Å². The summed E-state index contributed by atoms with van der Waals surface area (Å²) >= 11 is 0. The lowest BCUT2D eigenvalue weighted by molar-refractivity contribution is -0.153. The third-order valence-electron chi connectivity index (χ3n) is 2.91. The molecule has 112 valence electrons. The zero-order valence-corrected chi connectivity index (χ0v) is 11.4. The molecule has 0 bridgehead atoms. The van der Waals surface area contributed by atoms with Crippen molar-refractivity contribution in [2.24, 2.45) is 0 Å². The maximum atomic E-state index is 12.1. The molecule has 0 aliphatic rings. The largest absolute Gasteiger partial charge is 0.484 e. The summed E-state index contributed by atoms with van der Waals surface area (Å²) in [6, 6.07) is 13.7. The quantitative estimate of drug-likeness (QED) is 0.867. The topological polar surface area (TPSA) is 38.5 Å². The van der Waals surface area contributed by atoms with Gasteiger partial charge in [-0.2, -0.15) is 13.2 Å². The number of hydrogen-bond donors (Lipinski definition) is 1. The predicted octanol–water partition coefficient (Wildman–Crippen LogP) is 3.98. The highest BCUT2D eigenvalue weighted by Gasteiger charge is 2.28. The minimum Gasteiger partial charge on any atom is -0.484 e. The lowest BCUT2D eigenvalue weighted by atomic mass is 10.2. The van der Waals surface area contributed by atoms with Crippen molar-refractivity contribution in [1.82, 2.24) is 0 Å². The lowest BCUT2D eigenvalue weighted by Crippen LogP contribution is -2.19. The van der Waals surface area contributed by atoms with Crippen molar-refractivity contribution >= 4 is 17.1 Å². The van der Waals surface area contributed by atoms with Gasteiger partial charge in [0.25, 0.3) is 0 Å². The zero-order chi connectivity index (χ0) is 15.5. The van der Waals surface area contributed by atoms with Crippen LogP contribution < -0.4 is 15.4 Å². The number of nitrogen functional groups attached to an aromatic ring is 1. The molecule has 0 radical (unpaired) electrons. The normalized spacial score (nSPS) is 11.2. The molecule has 2 N–H and O–H groups in total. The van der Waals surface area contributed by atoms with E-state index in [1.54, 1.807) is 24.3 Å². The van der Waals surface area contributed by atoms with Crippen molar-refractivity contribution in [3.8, 4) is 5.75 Å². The lowest BCUT2D eigenvalue weighted by Gasteiger charge is -2.20. The van der Waals surface area contributed by atoms with Crippen LogP contribution in [-0.2, 0) is 0 Å². The molecule has 21 heavy (non-hydrogen) atoms. The fourth-order valence-corrected chi connectivity index (χ4v) is 1.78. The molecule has 0 unspecified atom stereocenters. The molecule has 6 heteroatoms. The van der Waals surface area contributed by atoms with Crippen LogP contribution in [0.1, 0.15) is 0 Å². The van der Waals surface area contributed by atoms with Crippen LogP contribution >= 0.6 is 0 Å². The first-order valence-electron chi connectivity index (χ1n) is 6.24. The summed E-state index contributed by atoms with van der Waals surface area (Å²) in [5.74, 6) is 0.182. The van der Waals surface area contributed by atoms with E-state index in [0.29, 0.717) is 5.69 Å². The van der Waals surface area contributed by atoms with Gasteiger partial charge >= 0.3 is 6.18 Å². The van der Waals surface area contributed by atoms with Gasteiger partial charge in [0.05, 0.1) is 0 Å². The van der Waals surface area contributed by atoms with Gasteiger partial charge in [-0.15, -0.1) is 0 Å². The number of hydrogen-bond acceptors (Lipinski definition) is 3. The number of ether oxygens (including phenoxy) is 1. The zero-order valence-electron chi connectivity index (χ0n) is 11.4. The Balaban J connectivity index is 2.06. The van der Waals surface area contributed by atoms with Crippen LogP contribution in [0.25, 0.3) is 0 Å². The smallest absolute Gasteiger partial charge is 0.422 e. The Morgan fingerprint density at radius 2 is 1.43 bits per heavy atom. The molecule has 0 saturated heterocycles. The summed E-state index contributed by atoms with van der Waals surface area (Å²) in [4.78, 5) is 1.90. The van der Waals surface area contributed by atoms with E-state index in [-0.39, 0.29) is 5.75 Å². The maximum absolute atomic E-state index is 12.1. The predicted molar refractivity (Wildman–Crippen MR) is 76.9 cm³/mol. The van der Waals surface area contributed by atoms with E-state index < -0.39 is 12.8 Å². The van der Waals surface area contributed by atoms with Gasteiger partial charge in [0.2, 0.25) is 0 Å². The van der Waals surface area contributed by atoms with E-state index in [1.165, 1.54) is 12.1 Å². The second kappa shape index (κ2) is 5.95. The van der Waals surface area contributed by atoms with Gasteiger partial charge in [-0.1, -0.05) is 0 Å². The Morgan fingerprint density at radius 1 is 0.952 bits per heavy atom. The number of nitrogens with zero attached hydrogens (tertiary/aromatic N) is 1. The number of alkyl halides is 3. The van der Waals surface area contributed by atoms with E-state index >= 15 is 0 Å². The molecule has 0 amide bonds. The molecule has 0 aromatic heterocycles. The van der Waals surface area contributed by atoms with Gasteiger partial charge in [-0.25, -0.2) is 0 Å². The Bertz CT molecular complexity index is 579. The second-order valence-electron chi connectivity index (χ2n) is 4.55. The first kappa shape index (κ1) is 15.0. The Morgan fingerprint density at radius 3 is 1.90 bits per heavy atom. The van der Waals surface area contributed by atoms with Crippen LogP contribution in [0.15, 0.2) is 48.5 Å². The molecule has 0 heterocycles. The molecule has 0 fully saturated rings. The summed E-state index contributed by atoms with van der Waals surface area (Å²) in [6.45, 7) is -1.29. The van der Waals surface area contributed by atoms with Crippen molar-refractivity contribution in [1.29, 1.82) is 0 Å². The molecular formula is C15H15F3N2O. The standard InChI is InChI=1S/C15H15F3N2O/c1-20(12-4-2-11(19)3-5-12)13-6-8-14(9-7-13)21-10-15(16,17)18/h2-9H,10,19H2,1H3. The summed E-state index contributed by atoms with van der Waals surface area (Å²) in [6.07, 6.45) is -4.33. The van der Waals surface area contributed by atoms with E-state index in [2.05, 4.69) is 4.74 Å². The highest BCUT2D eigenvalue weighted by molar-refractivity contribution is 5.64. The van der Waals surface area contributed by atoms with E-state index in [1.807, 2.05) is 24.1 Å². The third kappa shape index (κ3) is 4.30. The van der Waals surface area contributed by atoms with Crippen molar-refractivity contribution in [2.75, 3.05) is 24.3 Å². The van der Waals surface area contributed by atoms with Gasteiger partial charge < -0.3 is 15.4 Å². The fourth-order valence-electron chi connectivity index (χ4n) is 1.78. The first-order valence-corrected chi connectivity index (χ1v) is 6.24. The third-order valence-corrected chi connectivity index (χ3v) is 2.91. The van der Waals surface area contributed by atoms with Gasteiger partial charge in [0.1, 0.15) is 5.75 Å². The van der Waals surface area contributed by atoms with Crippen LogP contribution in [0.4, 0.5) is 30.2 Å². The Labute approximate surface area is 120 Å². The number of benzene rings is 2. The van der Waals surface area contributed by atoms with Crippen molar-refractivity contribution < 1.29 is 17.9 Å². The van der Waals surface area contributed by atoms with E-state index in [9.17, 15) is 13.2 Å². The average Bonchev–Trinajstić information content (AvgIpc) is 2.45. The van der Waals surface area contributed by atoms with Gasteiger partial charge in [-0.3, -0.25) is 0 Å². The highest BCUT2D eigenvalue weighted by Crippen LogP contribution is 2.26. The molecule has 0 spiro atoms. The van der Waals surface area contributed by atoms with E-state index in [0.717, 1.165) is 11.4 Å². The Hall–Kier alpha value is -2.37. The molecule has 2 aromatic rings. The molecule has 0 saturated carbocycles. The summed E-state index contributed by atoms with van der Waals surface area (Å²) < 4.78 is 40.8. The summed E-state index contributed by atoms with van der Waals surface area (Å²) in [5.41, 5.74) is 8.05. The first-order chi connectivity index (χ1) is 9.85. The minimum absolute atomic E-state index is 0.182. The highest BCUT2D eigenvalue weighted by atomic mass is 19.4. The van der Waals surface area contributed by atoms with E-state index in [4.69, 9.17) is 5.73 Å². The molecular weight excluding hydrogens is 281 g/mol. The van der Waals surface area contributed by atoms with Crippen LogP contribution in [0.5, 0.6) is 5.75 Å². The van der Waals surface area contributed by atoms with Gasteiger partial charge in [0.15, 0.2) is 6.61 Å². The number of anilines is 3. The van der Waals surface area contributed by atoms with Crippen molar-refractivity contribution in [3.05, 3.63) is 48.5 Å². The molecule has 2 aromatic carbocycles. The molecule has 0 atom stereocenters. The maximum Gasteiger partial charge on any atom is 0.422 e. The summed E-state index contributed by atoms with van der Waals surface area (Å²) in [7, 11) is 1.86. The fraction of sp³-hybridized carbons (Fsp3) is 0.200. The van der Waals surface area contributed by atoms with Crippen molar-refractivity contribution in [2.45, 2.75) is 6.18 Å². The molecule has 3 nitrogen and oxygen atoms in total. The second-order valence-corrected chi connectivity index (χ2v) is 4.55. The molecule has 0 aliphatic carbocycles. The number of rotatable bonds is 4. The number of halogens is 3. The number of nitrogens with two attached hydrogens (primary N) is 1. The molecule has 2 rings (SSSR count). The minimum atomic E-state index is -4.33. The monoisotopic (exact) mass is 296 g/mol. The molecule has 0 aliphatic heterocycles. The van der Waals surface area contributed by atoms with Gasteiger partial charge in [0, 0.05) is 24.1 Å².